The number of aromatic amines is 1. The minimum atomic E-state index is -0.0620. The van der Waals surface area contributed by atoms with E-state index < -0.39 is 0 Å². The van der Waals surface area contributed by atoms with Gasteiger partial charge in [-0.1, -0.05) is 31.1 Å². The van der Waals surface area contributed by atoms with Crippen molar-refractivity contribution < 1.29 is 9.32 Å². The van der Waals surface area contributed by atoms with Crippen LogP contribution in [0.2, 0.25) is 0 Å². The second-order valence-electron chi connectivity index (χ2n) is 6.59. The minimum Gasteiger partial charge on any atom is -0.339 e. The van der Waals surface area contributed by atoms with Crippen LogP contribution in [0.1, 0.15) is 42.8 Å². The largest absolute Gasteiger partial charge is 0.339 e. The highest BCUT2D eigenvalue weighted by Gasteiger charge is 2.18. The quantitative estimate of drug-likeness (QED) is 0.704. The second kappa shape index (κ2) is 7.95. The van der Waals surface area contributed by atoms with E-state index in [2.05, 4.69) is 34.2 Å². The molecule has 0 saturated carbocycles. The Hall–Kier alpha value is -2.96. The lowest BCUT2D eigenvalue weighted by molar-refractivity contribution is 0.0747. The van der Waals surface area contributed by atoms with E-state index in [1.807, 2.05) is 31.2 Å². The molecule has 1 N–H and O–H groups in total. The Morgan fingerprint density at radius 3 is 2.85 bits per heavy atom. The van der Waals surface area contributed by atoms with Crippen LogP contribution in [0, 0.1) is 5.92 Å². The van der Waals surface area contributed by atoms with Gasteiger partial charge in [-0.05, 0) is 30.5 Å². The Kier molecular flexibility index (Phi) is 5.46. The van der Waals surface area contributed by atoms with Crippen LogP contribution in [-0.2, 0) is 13.0 Å². The zero-order chi connectivity index (χ0) is 18.5. The molecule has 0 aliphatic heterocycles. The molecule has 26 heavy (non-hydrogen) atoms. The van der Waals surface area contributed by atoms with Crippen molar-refractivity contribution in [3.05, 3.63) is 53.9 Å². The molecule has 0 bridgehead atoms. The monoisotopic (exact) mass is 353 g/mol. The van der Waals surface area contributed by atoms with Gasteiger partial charge in [-0.15, -0.1) is 0 Å². The zero-order valence-corrected chi connectivity index (χ0v) is 15.3. The molecule has 0 radical (unpaired) electrons. The van der Waals surface area contributed by atoms with Gasteiger partial charge in [-0.25, -0.2) is 0 Å². The van der Waals surface area contributed by atoms with Crippen molar-refractivity contribution in [1.29, 1.82) is 0 Å². The van der Waals surface area contributed by atoms with E-state index in [4.69, 9.17) is 4.52 Å². The molecular formula is C19H23N5O2. The predicted molar refractivity (Wildman–Crippen MR) is 97.3 cm³/mol. The van der Waals surface area contributed by atoms with Crippen molar-refractivity contribution in [2.45, 2.75) is 33.7 Å². The van der Waals surface area contributed by atoms with E-state index in [1.165, 1.54) is 0 Å². The molecule has 0 saturated heterocycles. The molecule has 2 aromatic heterocycles. The number of nitrogens with zero attached hydrogens (tertiary/aromatic N) is 4. The highest BCUT2D eigenvalue weighted by atomic mass is 16.5. The first-order valence-corrected chi connectivity index (χ1v) is 8.76. The number of aromatic nitrogens is 4. The molecule has 0 unspecified atom stereocenters. The van der Waals surface area contributed by atoms with Gasteiger partial charge in [0.25, 0.3) is 5.91 Å². The smallest absolute Gasteiger partial charge is 0.254 e. The molecule has 7 heteroatoms. The normalized spacial score (nSPS) is 11.1. The topological polar surface area (TPSA) is 87.9 Å². The molecule has 3 aromatic rings. The van der Waals surface area contributed by atoms with Crippen molar-refractivity contribution in [2.24, 2.45) is 5.92 Å². The number of rotatable bonds is 7. The van der Waals surface area contributed by atoms with Crippen molar-refractivity contribution >= 4 is 5.91 Å². The Labute approximate surface area is 152 Å². The minimum absolute atomic E-state index is 0.0620. The van der Waals surface area contributed by atoms with Crippen LogP contribution in [0.3, 0.4) is 0 Å². The maximum Gasteiger partial charge on any atom is 0.254 e. The molecule has 0 fully saturated rings. The summed E-state index contributed by atoms with van der Waals surface area (Å²) in [6, 6.07) is 7.51. The summed E-state index contributed by atoms with van der Waals surface area (Å²) in [5.74, 6) is 1.52. The summed E-state index contributed by atoms with van der Waals surface area (Å²) in [4.78, 5) is 19.0. The van der Waals surface area contributed by atoms with Gasteiger partial charge in [0.2, 0.25) is 5.89 Å². The van der Waals surface area contributed by atoms with Gasteiger partial charge < -0.3 is 9.42 Å². The van der Waals surface area contributed by atoms with Crippen LogP contribution >= 0.6 is 0 Å². The van der Waals surface area contributed by atoms with Gasteiger partial charge in [0, 0.05) is 30.3 Å². The molecule has 0 spiro atoms. The first kappa shape index (κ1) is 17.8. The summed E-state index contributed by atoms with van der Waals surface area (Å²) in [7, 11) is 0. The number of benzene rings is 1. The maximum atomic E-state index is 12.9. The number of amides is 1. The number of carbonyl (C=O) groups excluding carboxylic acids is 1. The lowest BCUT2D eigenvalue weighted by atomic mass is 10.1. The summed E-state index contributed by atoms with van der Waals surface area (Å²) in [6.07, 6.45) is 4.27. The number of hydrogen-bond donors (Lipinski definition) is 1. The Morgan fingerprint density at radius 2 is 2.15 bits per heavy atom. The van der Waals surface area contributed by atoms with Gasteiger partial charge in [-0.2, -0.15) is 10.1 Å². The first-order valence-electron chi connectivity index (χ1n) is 8.76. The second-order valence-corrected chi connectivity index (χ2v) is 6.59. The van der Waals surface area contributed by atoms with Crippen molar-refractivity contribution in [2.75, 3.05) is 6.54 Å². The van der Waals surface area contributed by atoms with Gasteiger partial charge >= 0.3 is 0 Å². The summed E-state index contributed by atoms with van der Waals surface area (Å²) in [5, 5.41) is 10.7. The summed E-state index contributed by atoms with van der Waals surface area (Å²) < 4.78 is 5.26. The number of H-pyrrole nitrogens is 1. The van der Waals surface area contributed by atoms with Gasteiger partial charge in [0.1, 0.15) is 0 Å². The molecule has 0 aliphatic rings. The summed E-state index contributed by atoms with van der Waals surface area (Å²) in [6.45, 7) is 7.01. The SMILES string of the molecule is CCN(Cc1noc(CC(C)C)n1)C(=O)c1cccc(-c2cn[nH]c2)c1. The van der Waals surface area contributed by atoms with Crippen LogP contribution in [-0.4, -0.2) is 37.7 Å². The molecule has 0 atom stereocenters. The molecule has 7 nitrogen and oxygen atoms in total. The molecule has 1 aromatic carbocycles. The van der Waals surface area contributed by atoms with Crippen molar-refractivity contribution in [3.63, 3.8) is 0 Å². The van der Waals surface area contributed by atoms with Gasteiger partial charge in [-0.3, -0.25) is 9.89 Å². The third kappa shape index (κ3) is 4.17. The van der Waals surface area contributed by atoms with Crippen molar-refractivity contribution in [1.82, 2.24) is 25.2 Å². The van der Waals surface area contributed by atoms with Crippen LogP contribution in [0.4, 0.5) is 0 Å². The Bertz CT molecular complexity index is 854. The number of hydrogen-bond acceptors (Lipinski definition) is 5. The Balaban J connectivity index is 1.75. The van der Waals surface area contributed by atoms with E-state index in [9.17, 15) is 4.79 Å². The fraction of sp³-hybridized carbons (Fsp3) is 0.368. The van der Waals surface area contributed by atoms with Crippen LogP contribution in [0.15, 0.2) is 41.2 Å². The standard InChI is InChI=1S/C19H23N5O2/c1-4-24(12-17-22-18(26-23-17)8-13(2)3)19(25)15-7-5-6-14(9-15)16-10-20-21-11-16/h5-7,9-11,13H,4,8,12H2,1-3H3,(H,20,21). The lowest BCUT2D eigenvalue weighted by Crippen LogP contribution is -2.30. The highest BCUT2D eigenvalue weighted by Crippen LogP contribution is 2.20. The third-order valence-corrected chi connectivity index (χ3v) is 4.04. The van der Waals surface area contributed by atoms with E-state index in [0.29, 0.717) is 36.3 Å². The predicted octanol–water partition coefficient (Wildman–Crippen LogP) is 3.32. The third-order valence-electron chi connectivity index (χ3n) is 4.04. The molecule has 1 amide bonds. The fourth-order valence-corrected chi connectivity index (χ4v) is 2.71. The number of nitrogens with one attached hydrogen (secondary N) is 1. The average Bonchev–Trinajstić information content (AvgIpc) is 3.31. The van der Waals surface area contributed by atoms with E-state index in [-0.39, 0.29) is 5.91 Å². The molecule has 136 valence electrons. The summed E-state index contributed by atoms with van der Waals surface area (Å²) >= 11 is 0. The lowest BCUT2D eigenvalue weighted by Gasteiger charge is -2.19. The van der Waals surface area contributed by atoms with E-state index in [0.717, 1.165) is 17.5 Å². The fourth-order valence-electron chi connectivity index (χ4n) is 2.71. The first-order chi connectivity index (χ1) is 12.6. The molecule has 0 aliphatic carbocycles. The van der Waals surface area contributed by atoms with Gasteiger partial charge in [0.15, 0.2) is 5.82 Å². The maximum absolute atomic E-state index is 12.9. The average molecular weight is 353 g/mol. The zero-order valence-electron chi connectivity index (χ0n) is 15.3. The van der Waals surface area contributed by atoms with Crippen LogP contribution in [0.5, 0.6) is 0 Å². The number of carbonyl (C=O) groups is 1. The van der Waals surface area contributed by atoms with Crippen LogP contribution < -0.4 is 0 Å². The van der Waals surface area contributed by atoms with Crippen LogP contribution in [0.25, 0.3) is 11.1 Å². The van der Waals surface area contributed by atoms with Gasteiger partial charge in [0.05, 0.1) is 12.7 Å². The Morgan fingerprint density at radius 1 is 1.31 bits per heavy atom. The highest BCUT2D eigenvalue weighted by molar-refractivity contribution is 5.95. The van der Waals surface area contributed by atoms with E-state index >= 15 is 0 Å². The summed E-state index contributed by atoms with van der Waals surface area (Å²) in [5.41, 5.74) is 2.51. The molecule has 3 rings (SSSR count). The molecule has 2 heterocycles. The van der Waals surface area contributed by atoms with Crippen molar-refractivity contribution in [3.8, 4) is 11.1 Å². The van der Waals surface area contributed by atoms with E-state index in [1.54, 1.807) is 17.3 Å². The molecular weight excluding hydrogens is 330 g/mol.